The molecule has 6 nitrogen and oxygen atoms in total. The van der Waals surface area contributed by atoms with Gasteiger partial charge in [0.2, 0.25) is 0 Å². The van der Waals surface area contributed by atoms with Crippen LogP contribution in [0.15, 0.2) is 42.5 Å². The van der Waals surface area contributed by atoms with Crippen molar-refractivity contribution < 1.29 is 19.0 Å². The molecule has 3 aromatic rings. The highest BCUT2D eigenvalue weighted by Crippen LogP contribution is 2.32. The number of rotatable bonds is 6. The lowest BCUT2D eigenvalue weighted by molar-refractivity contribution is 0.0225. The van der Waals surface area contributed by atoms with E-state index in [1.54, 1.807) is 11.3 Å². The summed E-state index contributed by atoms with van der Waals surface area (Å²) >= 11 is 1.59. The first kappa shape index (κ1) is 20.1. The Bertz CT molecular complexity index is 945. The molecule has 0 atom stereocenters. The van der Waals surface area contributed by atoms with Gasteiger partial charge in [-0.2, -0.15) is 0 Å². The minimum Gasteiger partial charge on any atom is -0.468 e. The molecule has 7 heteroatoms. The minimum atomic E-state index is -0.531. The van der Waals surface area contributed by atoms with Crippen molar-refractivity contribution in [3.63, 3.8) is 0 Å². The van der Waals surface area contributed by atoms with Crippen LogP contribution in [0, 0.1) is 0 Å². The standard InChI is InChI=1S/C21H24N2O4S/c1-5-25-13-26-16-10-11-17-18(12-16)28-19(23-17)14-6-8-15(9-7-14)22-20(24)27-21(2,3)4/h6-12H,5,13H2,1-4H3,(H,22,24). The van der Waals surface area contributed by atoms with Crippen molar-refractivity contribution in [3.05, 3.63) is 42.5 Å². The molecule has 1 amide bonds. The molecule has 1 heterocycles. The highest BCUT2D eigenvalue weighted by molar-refractivity contribution is 7.21. The van der Waals surface area contributed by atoms with Gasteiger partial charge in [0, 0.05) is 17.9 Å². The van der Waals surface area contributed by atoms with Crippen LogP contribution < -0.4 is 10.1 Å². The maximum Gasteiger partial charge on any atom is 0.412 e. The van der Waals surface area contributed by atoms with Gasteiger partial charge in [0.15, 0.2) is 6.79 Å². The number of benzene rings is 2. The number of carbonyl (C=O) groups is 1. The Morgan fingerprint density at radius 2 is 1.89 bits per heavy atom. The van der Waals surface area contributed by atoms with E-state index in [1.165, 1.54) is 0 Å². The Morgan fingerprint density at radius 3 is 2.57 bits per heavy atom. The van der Waals surface area contributed by atoms with Crippen molar-refractivity contribution in [1.29, 1.82) is 0 Å². The molecule has 0 radical (unpaired) electrons. The van der Waals surface area contributed by atoms with Crippen LogP contribution in [0.4, 0.5) is 10.5 Å². The Balaban J connectivity index is 1.71. The largest absolute Gasteiger partial charge is 0.468 e. The maximum absolute atomic E-state index is 11.9. The van der Waals surface area contributed by atoms with Gasteiger partial charge in [0.05, 0.1) is 10.2 Å². The fourth-order valence-electron chi connectivity index (χ4n) is 2.43. The smallest absolute Gasteiger partial charge is 0.412 e. The van der Waals surface area contributed by atoms with Crippen LogP contribution in [0.1, 0.15) is 27.7 Å². The van der Waals surface area contributed by atoms with Gasteiger partial charge in [-0.05, 0) is 70.2 Å². The average molecular weight is 401 g/mol. The fourth-order valence-corrected chi connectivity index (χ4v) is 3.43. The SMILES string of the molecule is CCOCOc1ccc2nc(-c3ccc(NC(=O)OC(C)(C)C)cc3)sc2c1. The molecule has 0 saturated heterocycles. The second-order valence-electron chi connectivity index (χ2n) is 7.11. The number of carbonyl (C=O) groups excluding carboxylic acids is 1. The third-order valence-electron chi connectivity index (χ3n) is 3.65. The van der Waals surface area contributed by atoms with Gasteiger partial charge in [0.25, 0.3) is 0 Å². The summed E-state index contributed by atoms with van der Waals surface area (Å²) in [4.78, 5) is 16.5. The lowest BCUT2D eigenvalue weighted by Gasteiger charge is -2.19. The van der Waals surface area contributed by atoms with Crippen LogP contribution in [-0.2, 0) is 9.47 Å². The van der Waals surface area contributed by atoms with E-state index in [4.69, 9.17) is 14.2 Å². The molecule has 0 unspecified atom stereocenters. The molecule has 0 fully saturated rings. The number of hydrogen-bond donors (Lipinski definition) is 1. The molecule has 1 aromatic heterocycles. The molecule has 148 valence electrons. The average Bonchev–Trinajstić information content (AvgIpc) is 3.04. The van der Waals surface area contributed by atoms with Crippen LogP contribution >= 0.6 is 11.3 Å². The fraction of sp³-hybridized carbons (Fsp3) is 0.333. The summed E-state index contributed by atoms with van der Waals surface area (Å²) in [5.74, 6) is 0.757. The second-order valence-corrected chi connectivity index (χ2v) is 8.14. The molecular formula is C21H24N2O4S. The van der Waals surface area contributed by atoms with Crippen molar-refractivity contribution in [2.24, 2.45) is 0 Å². The predicted octanol–water partition coefficient (Wildman–Crippen LogP) is 5.68. The van der Waals surface area contributed by atoms with Crippen molar-refractivity contribution in [2.75, 3.05) is 18.7 Å². The van der Waals surface area contributed by atoms with Gasteiger partial charge in [-0.1, -0.05) is 0 Å². The van der Waals surface area contributed by atoms with Gasteiger partial charge in [-0.3, -0.25) is 5.32 Å². The van der Waals surface area contributed by atoms with Crippen molar-refractivity contribution in [3.8, 4) is 16.3 Å². The number of fused-ring (bicyclic) bond motifs is 1. The monoisotopic (exact) mass is 400 g/mol. The highest BCUT2D eigenvalue weighted by atomic mass is 32.1. The number of nitrogens with one attached hydrogen (secondary N) is 1. The van der Waals surface area contributed by atoms with Gasteiger partial charge in [-0.25, -0.2) is 9.78 Å². The summed E-state index contributed by atoms with van der Waals surface area (Å²) < 4.78 is 17.1. The molecular weight excluding hydrogens is 376 g/mol. The quantitative estimate of drug-likeness (QED) is 0.426. The Hall–Kier alpha value is -2.64. The van der Waals surface area contributed by atoms with Gasteiger partial charge in [0.1, 0.15) is 16.4 Å². The Kier molecular flexibility index (Phi) is 6.16. The summed E-state index contributed by atoms with van der Waals surface area (Å²) in [6.07, 6.45) is -0.472. The van der Waals surface area contributed by atoms with Crippen molar-refractivity contribution in [1.82, 2.24) is 4.98 Å². The van der Waals surface area contributed by atoms with Crippen LogP contribution in [-0.4, -0.2) is 30.1 Å². The zero-order valence-electron chi connectivity index (χ0n) is 16.4. The number of nitrogens with zero attached hydrogens (tertiary/aromatic N) is 1. The van der Waals surface area contributed by atoms with Crippen LogP contribution in [0.25, 0.3) is 20.8 Å². The topological polar surface area (TPSA) is 69.7 Å². The highest BCUT2D eigenvalue weighted by Gasteiger charge is 2.16. The first-order chi connectivity index (χ1) is 13.3. The Labute approximate surface area is 168 Å². The van der Waals surface area contributed by atoms with Gasteiger partial charge in [-0.15, -0.1) is 11.3 Å². The second kappa shape index (κ2) is 8.58. The van der Waals surface area contributed by atoms with Crippen LogP contribution in [0.3, 0.4) is 0 Å². The summed E-state index contributed by atoms with van der Waals surface area (Å²) in [5, 5.41) is 3.63. The van der Waals surface area contributed by atoms with E-state index < -0.39 is 11.7 Å². The van der Waals surface area contributed by atoms with E-state index >= 15 is 0 Å². The first-order valence-electron chi connectivity index (χ1n) is 9.05. The molecule has 0 aliphatic carbocycles. The third-order valence-corrected chi connectivity index (χ3v) is 4.72. The molecule has 0 saturated carbocycles. The van der Waals surface area contributed by atoms with Gasteiger partial charge < -0.3 is 14.2 Å². The van der Waals surface area contributed by atoms with E-state index in [1.807, 2.05) is 70.2 Å². The number of amides is 1. The summed E-state index contributed by atoms with van der Waals surface area (Å²) in [6.45, 7) is 8.27. The molecule has 0 aliphatic rings. The number of aromatic nitrogens is 1. The molecule has 0 bridgehead atoms. The summed E-state index contributed by atoms with van der Waals surface area (Å²) in [7, 11) is 0. The van der Waals surface area contributed by atoms with Crippen LogP contribution in [0.5, 0.6) is 5.75 Å². The number of anilines is 1. The van der Waals surface area contributed by atoms with E-state index in [2.05, 4.69) is 10.3 Å². The summed E-state index contributed by atoms with van der Waals surface area (Å²) in [5.41, 5.74) is 2.04. The first-order valence-corrected chi connectivity index (χ1v) is 9.87. The molecule has 0 spiro atoms. The predicted molar refractivity (Wildman–Crippen MR) is 112 cm³/mol. The number of thiazole rings is 1. The van der Waals surface area contributed by atoms with Crippen molar-refractivity contribution >= 4 is 33.3 Å². The molecule has 0 aliphatic heterocycles. The zero-order chi connectivity index (χ0) is 20.1. The summed E-state index contributed by atoms with van der Waals surface area (Å²) in [6, 6.07) is 13.3. The zero-order valence-corrected chi connectivity index (χ0v) is 17.3. The maximum atomic E-state index is 11.9. The number of ether oxygens (including phenoxy) is 3. The molecule has 2 aromatic carbocycles. The lowest BCUT2D eigenvalue weighted by Crippen LogP contribution is -2.27. The third kappa shape index (κ3) is 5.43. The van der Waals surface area contributed by atoms with E-state index in [0.717, 1.165) is 26.5 Å². The van der Waals surface area contributed by atoms with Gasteiger partial charge >= 0.3 is 6.09 Å². The molecule has 3 rings (SSSR count). The molecule has 1 N–H and O–H groups in total. The number of hydrogen-bond acceptors (Lipinski definition) is 6. The van der Waals surface area contributed by atoms with Crippen molar-refractivity contribution in [2.45, 2.75) is 33.3 Å². The van der Waals surface area contributed by atoms with E-state index in [-0.39, 0.29) is 6.79 Å². The van der Waals surface area contributed by atoms with E-state index in [0.29, 0.717) is 12.3 Å². The minimum absolute atomic E-state index is 0.236. The van der Waals surface area contributed by atoms with Crippen LogP contribution in [0.2, 0.25) is 0 Å². The normalized spacial score (nSPS) is 11.4. The molecule has 28 heavy (non-hydrogen) atoms. The van der Waals surface area contributed by atoms with E-state index in [9.17, 15) is 4.79 Å². The Morgan fingerprint density at radius 1 is 1.14 bits per heavy atom. The lowest BCUT2D eigenvalue weighted by atomic mass is 10.2.